The Morgan fingerprint density at radius 3 is 2.41 bits per heavy atom. The number of phosphoric acid groups is 3. The predicted octanol–water partition coefficient (Wildman–Crippen LogP) is -1.40. The highest BCUT2D eigenvalue weighted by atomic mass is 31.3. The molecule has 0 radical (unpaired) electrons. The van der Waals surface area contributed by atoms with Gasteiger partial charge in [0.2, 0.25) is 0 Å². The Bertz CT molecular complexity index is 1160. The Kier molecular flexibility index (Phi) is 6.66. The van der Waals surface area contributed by atoms with Crippen LogP contribution in [0.15, 0.2) is 15.8 Å². The van der Waals surface area contributed by atoms with Crippen molar-refractivity contribution in [3.8, 4) is 0 Å². The lowest BCUT2D eigenvalue weighted by atomic mass is 9.94. The van der Waals surface area contributed by atoms with E-state index in [-0.39, 0.29) is 5.56 Å². The average Bonchev–Trinajstić information content (AvgIpc) is 3.05. The molecule has 2 aliphatic rings. The third-order valence-electron chi connectivity index (χ3n) is 4.75. The number of fused-ring (bicyclic) bond motifs is 2. The minimum absolute atomic E-state index is 0.140. The monoisotopic (exact) mass is 524 g/mol. The number of nitrogens with zero attached hydrogens (tertiary/aromatic N) is 1. The Morgan fingerprint density at radius 2 is 1.81 bits per heavy atom. The summed E-state index contributed by atoms with van der Waals surface area (Å²) in [6, 6.07) is 0. The van der Waals surface area contributed by atoms with E-state index in [0.29, 0.717) is 0 Å². The van der Waals surface area contributed by atoms with Crippen LogP contribution in [0.5, 0.6) is 0 Å². The lowest BCUT2D eigenvalue weighted by Crippen LogP contribution is -2.51. The van der Waals surface area contributed by atoms with E-state index in [1.807, 2.05) is 4.98 Å². The number of phosphoric ester groups is 1. The van der Waals surface area contributed by atoms with Gasteiger partial charge in [0.05, 0.1) is 6.61 Å². The quantitative estimate of drug-likeness (QED) is 0.214. The first-order chi connectivity index (χ1) is 14.5. The summed E-state index contributed by atoms with van der Waals surface area (Å²) in [6.45, 7) is 2.12. The fourth-order valence-corrected chi connectivity index (χ4v) is 6.58. The van der Waals surface area contributed by atoms with E-state index < -0.39 is 71.5 Å². The molecule has 2 saturated heterocycles. The molecule has 1 aromatic heterocycles. The highest BCUT2D eigenvalue weighted by Gasteiger charge is 2.65. The van der Waals surface area contributed by atoms with Gasteiger partial charge in [-0.3, -0.25) is 18.9 Å². The molecule has 3 rings (SSSR count). The highest BCUT2D eigenvalue weighted by Crippen LogP contribution is 2.67. The topological polar surface area (TPSA) is 253 Å². The van der Waals surface area contributed by atoms with Gasteiger partial charge in [-0.25, -0.2) is 18.5 Å². The number of aromatic nitrogens is 2. The van der Waals surface area contributed by atoms with Gasteiger partial charge in [0.1, 0.15) is 23.9 Å². The van der Waals surface area contributed by atoms with Crippen molar-refractivity contribution >= 4 is 23.5 Å². The van der Waals surface area contributed by atoms with Gasteiger partial charge in [-0.05, 0) is 13.8 Å². The summed E-state index contributed by atoms with van der Waals surface area (Å²) in [7, 11) is -16.9. The maximum atomic E-state index is 12.2. The van der Waals surface area contributed by atoms with E-state index in [0.717, 1.165) is 17.7 Å². The first-order valence-corrected chi connectivity index (χ1v) is 13.1. The molecule has 7 atom stereocenters. The molecule has 0 aromatic carbocycles. The second-order valence-corrected chi connectivity index (χ2v) is 11.4. The molecule has 3 unspecified atom stereocenters. The van der Waals surface area contributed by atoms with Gasteiger partial charge in [-0.2, -0.15) is 8.62 Å². The van der Waals surface area contributed by atoms with Crippen LogP contribution in [-0.2, 0) is 36.3 Å². The molecule has 17 nitrogen and oxygen atoms in total. The van der Waals surface area contributed by atoms with Gasteiger partial charge < -0.3 is 34.2 Å². The second-order valence-electron chi connectivity index (χ2n) is 7.00. The molecule has 2 bridgehead atoms. The number of aliphatic hydroxyl groups excluding tert-OH is 1. The highest BCUT2D eigenvalue weighted by molar-refractivity contribution is 7.66. The maximum Gasteiger partial charge on any atom is 0.490 e. The number of nitrogens with one attached hydrogen (secondary N) is 1. The minimum atomic E-state index is -5.75. The average molecular weight is 524 g/mol. The van der Waals surface area contributed by atoms with E-state index in [1.54, 1.807) is 0 Å². The normalized spacial score (nSPS) is 32.4. The van der Waals surface area contributed by atoms with Crippen LogP contribution in [0.4, 0.5) is 0 Å². The zero-order valence-electron chi connectivity index (χ0n) is 16.2. The van der Waals surface area contributed by atoms with Crippen molar-refractivity contribution in [3.05, 3.63) is 32.6 Å². The summed E-state index contributed by atoms with van der Waals surface area (Å²) in [4.78, 5) is 61.9. The zero-order chi connectivity index (χ0) is 24.3. The number of hydrogen-bond acceptors (Lipinski definition) is 11. The molecule has 0 saturated carbocycles. The van der Waals surface area contributed by atoms with Crippen LogP contribution in [-0.4, -0.2) is 64.8 Å². The van der Waals surface area contributed by atoms with Crippen molar-refractivity contribution < 1.29 is 61.0 Å². The number of ether oxygens (including phenoxy) is 2. The maximum absolute atomic E-state index is 12.2. The summed E-state index contributed by atoms with van der Waals surface area (Å²) < 4.78 is 58.4. The van der Waals surface area contributed by atoms with Crippen molar-refractivity contribution in [2.45, 2.75) is 44.0 Å². The molecular weight excluding hydrogens is 505 g/mol. The van der Waals surface area contributed by atoms with Gasteiger partial charge in [0, 0.05) is 11.8 Å². The second kappa shape index (κ2) is 8.32. The smallest absolute Gasteiger partial charge is 0.387 e. The Balaban J connectivity index is 1.82. The van der Waals surface area contributed by atoms with E-state index in [1.165, 1.54) is 6.92 Å². The number of H-pyrrole nitrogens is 1. The summed E-state index contributed by atoms with van der Waals surface area (Å²) >= 11 is 0. The predicted molar refractivity (Wildman–Crippen MR) is 99.1 cm³/mol. The Hall–Kier alpha value is -1.03. The molecular formula is C12H19N2O15P3. The number of aliphatic hydroxyl groups is 1. The lowest BCUT2D eigenvalue weighted by molar-refractivity contribution is -0.204. The minimum Gasteiger partial charge on any atom is -0.387 e. The molecule has 2 aliphatic heterocycles. The number of aromatic amines is 1. The lowest BCUT2D eigenvalue weighted by Gasteiger charge is -2.35. The molecule has 3 heterocycles. The van der Waals surface area contributed by atoms with Crippen molar-refractivity contribution in [2.24, 2.45) is 0 Å². The van der Waals surface area contributed by atoms with Crippen LogP contribution in [0.3, 0.4) is 0 Å². The molecule has 32 heavy (non-hydrogen) atoms. The summed E-state index contributed by atoms with van der Waals surface area (Å²) in [5, 5.41) is 10.6. The summed E-state index contributed by atoms with van der Waals surface area (Å²) in [5.41, 5.74) is -3.26. The van der Waals surface area contributed by atoms with Crippen LogP contribution >= 0.6 is 23.5 Å². The molecule has 182 valence electrons. The standard InChI is InChI=1S/C12H19N2O15P3/c1-5-3-14(11(17)13-9(5)16)10-7-8(15)12(26-10,4-25-7)6(2)27-31(21,22)29-32(23,24)28-30(18,19)20/h3,6-8,10,15H,4H2,1-2H3,(H,21,22)(H,23,24)(H,13,16,17)(H2,18,19,20)/t6?,7-,8+,10-,12-/m1/s1. The fraction of sp³-hybridized carbons (Fsp3) is 0.667. The molecule has 6 N–H and O–H groups in total. The molecule has 0 spiro atoms. The third kappa shape index (κ3) is 5.05. The molecule has 20 heteroatoms. The van der Waals surface area contributed by atoms with E-state index in [2.05, 4.69) is 8.62 Å². The number of rotatable bonds is 8. The van der Waals surface area contributed by atoms with Crippen LogP contribution < -0.4 is 11.2 Å². The molecule has 1 aromatic rings. The SMILES string of the molecule is Cc1cn([C@@H]2O[C@@]3(C(C)OP(=O)(O)OP(=O)(O)OP(=O)(O)O)CO[C@@H]2[C@@H]3O)c(=O)[nH]c1=O. The van der Waals surface area contributed by atoms with Gasteiger partial charge in [0.15, 0.2) is 6.23 Å². The van der Waals surface area contributed by atoms with Gasteiger partial charge in [-0.15, -0.1) is 0 Å². The van der Waals surface area contributed by atoms with Crippen molar-refractivity contribution in [1.29, 1.82) is 0 Å². The zero-order valence-corrected chi connectivity index (χ0v) is 18.9. The van der Waals surface area contributed by atoms with Crippen LogP contribution in [0.25, 0.3) is 0 Å². The molecule has 2 fully saturated rings. The first-order valence-electron chi connectivity index (χ1n) is 8.58. The Labute approximate surface area is 177 Å². The number of aryl methyl sites for hydroxylation is 1. The summed E-state index contributed by atoms with van der Waals surface area (Å²) in [5.74, 6) is 0. The number of hydrogen-bond donors (Lipinski definition) is 6. The molecule has 0 amide bonds. The van der Waals surface area contributed by atoms with E-state index >= 15 is 0 Å². The van der Waals surface area contributed by atoms with Crippen LogP contribution in [0.2, 0.25) is 0 Å². The van der Waals surface area contributed by atoms with Gasteiger partial charge in [-0.1, -0.05) is 0 Å². The third-order valence-corrected chi connectivity index (χ3v) is 8.66. The van der Waals surface area contributed by atoms with Gasteiger partial charge >= 0.3 is 29.2 Å². The first kappa shape index (κ1) is 25.6. The van der Waals surface area contributed by atoms with Crippen LogP contribution in [0.1, 0.15) is 18.7 Å². The van der Waals surface area contributed by atoms with Gasteiger partial charge in [0.25, 0.3) is 5.56 Å². The van der Waals surface area contributed by atoms with E-state index in [4.69, 9.17) is 23.8 Å². The van der Waals surface area contributed by atoms with E-state index in [9.17, 15) is 38.2 Å². The van der Waals surface area contributed by atoms with Crippen molar-refractivity contribution in [1.82, 2.24) is 9.55 Å². The molecule has 0 aliphatic carbocycles. The largest absolute Gasteiger partial charge is 0.490 e. The fourth-order valence-electron chi connectivity index (χ4n) is 3.35. The Morgan fingerprint density at radius 1 is 1.19 bits per heavy atom. The summed E-state index contributed by atoms with van der Waals surface area (Å²) in [6.07, 6.45) is -4.42. The van der Waals surface area contributed by atoms with Crippen molar-refractivity contribution in [3.63, 3.8) is 0 Å². The van der Waals surface area contributed by atoms with Crippen molar-refractivity contribution in [2.75, 3.05) is 6.61 Å². The van der Waals surface area contributed by atoms with Crippen LogP contribution in [0, 0.1) is 6.92 Å².